The first-order valence-corrected chi connectivity index (χ1v) is 5.20. The minimum Gasteiger partial charge on any atom is -0.381 e. The van der Waals surface area contributed by atoms with Crippen LogP contribution in [0.4, 0.5) is 18.9 Å². The quantitative estimate of drug-likeness (QED) is 0.630. The summed E-state index contributed by atoms with van der Waals surface area (Å²) in [4.78, 5) is 0. The Balaban J connectivity index is 2.76. The Morgan fingerprint density at radius 2 is 1.88 bits per heavy atom. The summed E-state index contributed by atoms with van der Waals surface area (Å²) in [5.41, 5.74) is -0.580. The van der Waals surface area contributed by atoms with Crippen molar-refractivity contribution < 1.29 is 13.2 Å². The lowest BCUT2D eigenvalue weighted by Crippen LogP contribution is -2.10. The fraction of sp³-hybridized carbons (Fsp3) is 0.273. The number of allylic oxidation sites excluding steroid dienone is 1. The van der Waals surface area contributed by atoms with Gasteiger partial charge in [-0.25, -0.2) is 0 Å². The van der Waals surface area contributed by atoms with Gasteiger partial charge in [-0.3, -0.25) is 0 Å². The third-order valence-electron chi connectivity index (χ3n) is 1.90. The number of benzene rings is 1. The minimum absolute atomic E-state index is 0.0780. The van der Waals surface area contributed by atoms with E-state index in [1.54, 1.807) is 18.2 Å². The number of hydrogen-bond acceptors (Lipinski definition) is 1. The lowest BCUT2D eigenvalue weighted by atomic mass is 10.1. The van der Waals surface area contributed by atoms with Crippen molar-refractivity contribution >= 4 is 17.3 Å². The molecule has 0 saturated heterocycles. The predicted molar refractivity (Wildman–Crippen MR) is 59.8 cm³/mol. The molecule has 1 aromatic carbocycles. The molecule has 16 heavy (non-hydrogen) atoms. The molecule has 1 aromatic rings. The molecule has 0 bridgehead atoms. The van der Waals surface area contributed by atoms with E-state index in [9.17, 15) is 13.2 Å². The van der Waals surface area contributed by atoms with Crippen molar-refractivity contribution in [3.8, 4) is 0 Å². The highest BCUT2D eigenvalue weighted by molar-refractivity contribution is 6.18. The number of rotatable bonds is 4. The summed E-state index contributed by atoms with van der Waals surface area (Å²) < 4.78 is 37.6. The molecule has 88 valence electrons. The van der Waals surface area contributed by atoms with Crippen LogP contribution >= 0.6 is 11.6 Å². The fourth-order valence-corrected chi connectivity index (χ4v) is 1.33. The van der Waals surface area contributed by atoms with Gasteiger partial charge in [0.1, 0.15) is 0 Å². The monoisotopic (exact) mass is 249 g/mol. The molecular weight excluding hydrogens is 239 g/mol. The fourth-order valence-electron chi connectivity index (χ4n) is 1.20. The highest BCUT2D eigenvalue weighted by Crippen LogP contribution is 2.34. The van der Waals surface area contributed by atoms with Crippen LogP contribution in [0.2, 0.25) is 0 Å². The molecule has 0 heterocycles. The minimum atomic E-state index is -4.33. The van der Waals surface area contributed by atoms with Crippen LogP contribution in [0.15, 0.2) is 36.4 Å². The van der Waals surface area contributed by atoms with Crippen LogP contribution in [0.5, 0.6) is 0 Å². The second kappa shape index (κ2) is 5.80. The second-order valence-corrected chi connectivity index (χ2v) is 3.36. The van der Waals surface area contributed by atoms with Gasteiger partial charge in [0.15, 0.2) is 0 Å². The maximum atomic E-state index is 12.5. The largest absolute Gasteiger partial charge is 0.418 e. The van der Waals surface area contributed by atoms with Crippen LogP contribution < -0.4 is 5.32 Å². The number of hydrogen-bond donors (Lipinski definition) is 1. The van der Waals surface area contributed by atoms with Crippen LogP contribution in [0, 0.1) is 0 Å². The highest BCUT2D eigenvalue weighted by atomic mass is 35.5. The van der Waals surface area contributed by atoms with Gasteiger partial charge in [-0.05, 0) is 12.1 Å². The number of para-hydroxylation sites is 1. The van der Waals surface area contributed by atoms with Gasteiger partial charge in [-0.15, -0.1) is 11.6 Å². The standard InChI is InChI=1S/C11H11ClF3N/c12-7-3-4-8-16-10-6-2-1-5-9(10)11(13,14)15/h1-6,16H,7-8H2/b4-3+. The van der Waals surface area contributed by atoms with Gasteiger partial charge in [0.05, 0.1) is 5.56 Å². The Morgan fingerprint density at radius 3 is 2.50 bits per heavy atom. The maximum Gasteiger partial charge on any atom is 0.418 e. The molecular formula is C11H11ClF3N. The lowest BCUT2D eigenvalue weighted by Gasteiger charge is -2.13. The highest BCUT2D eigenvalue weighted by Gasteiger charge is 2.32. The molecule has 1 rings (SSSR count). The second-order valence-electron chi connectivity index (χ2n) is 3.05. The van der Waals surface area contributed by atoms with Gasteiger partial charge in [0, 0.05) is 18.1 Å². The topological polar surface area (TPSA) is 12.0 Å². The molecule has 0 radical (unpaired) electrons. The van der Waals surface area contributed by atoms with Crippen LogP contribution in [0.25, 0.3) is 0 Å². The smallest absolute Gasteiger partial charge is 0.381 e. The third kappa shape index (κ3) is 3.77. The normalized spacial score (nSPS) is 12.0. The van der Waals surface area contributed by atoms with Gasteiger partial charge >= 0.3 is 6.18 Å². The molecule has 0 aromatic heterocycles. The molecule has 1 N–H and O–H groups in total. The molecule has 1 nitrogen and oxygen atoms in total. The van der Waals surface area contributed by atoms with Gasteiger partial charge < -0.3 is 5.32 Å². The summed E-state index contributed by atoms with van der Waals surface area (Å²) in [7, 11) is 0. The van der Waals surface area contributed by atoms with Gasteiger partial charge in [0.25, 0.3) is 0 Å². The van der Waals surface area contributed by atoms with E-state index in [1.807, 2.05) is 0 Å². The van der Waals surface area contributed by atoms with E-state index in [-0.39, 0.29) is 5.69 Å². The zero-order valence-electron chi connectivity index (χ0n) is 8.39. The molecule has 0 aliphatic heterocycles. The molecule has 0 atom stereocenters. The number of nitrogens with one attached hydrogen (secondary N) is 1. The summed E-state index contributed by atoms with van der Waals surface area (Å²) >= 11 is 5.39. The van der Waals surface area contributed by atoms with E-state index in [0.29, 0.717) is 12.4 Å². The third-order valence-corrected chi connectivity index (χ3v) is 2.08. The van der Waals surface area contributed by atoms with Gasteiger partial charge in [0.2, 0.25) is 0 Å². The first kappa shape index (κ1) is 12.9. The molecule has 0 unspecified atom stereocenters. The summed E-state index contributed by atoms with van der Waals surface area (Å²) in [6.07, 6.45) is -0.981. The Hall–Kier alpha value is -1.16. The van der Waals surface area contributed by atoms with Gasteiger partial charge in [-0.1, -0.05) is 24.3 Å². The SMILES string of the molecule is FC(F)(F)c1ccccc1NC/C=C/CCl. The van der Waals surface area contributed by atoms with Crippen molar-refractivity contribution in [2.24, 2.45) is 0 Å². The molecule has 0 aliphatic carbocycles. The summed E-state index contributed by atoms with van der Waals surface area (Å²) in [6.45, 7) is 0.319. The molecule has 0 amide bonds. The van der Waals surface area contributed by atoms with E-state index in [0.717, 1.165) is 6.07 Å². The van der Waals surface area contributed by atoms with Crippen LogP contribution in [-0.4, -0.2) is 12.4 Å². The van der Waals surface area contributed by atoms with Crippen LogP contribution in [-0.2, 0) is 6.18 Å². The van der Waals surface area contributed by atoms with Crippen LogP contribution in [0.1, 0.15) is 5.56 Å². The first-order valence-electron chi connectivity index (χ1n) is 4.66. The van der Waals surface area contributed by atoms with E-state index in [1.165, 1.54) is 12.1 Å². The summed E-state index contributed by atoms with van der Waals surface area (Å²) in [6, 6.07) is 5.37. The predicted octanol–water partition coefficient (Wildman–Crippen LogP) is 3.91. The van der Waals surface area contributed by atoms with Crippen molar-refractivity contribution in [3.63, 3.8) is 0 Å². The summed E-state index contributed by atoms with van der Waals surface area (Å²) in [5.74, 6) is 0.350. The van der Waals surface area contributed by atoms with Crippen molar-refractivity contribution in [1.82, 2.24) is 0 Å². The lowest BCUT2D eigenvalue weighted by molar-refractivity contribution is -0.136. The van der Waals surface area contributed by atoms with Gasteiger partial charge in [-0.2, -0.15) is 13.2 Å². The van der Waals surface area contributed by atoms with Crippen molar-refractivity contribution in [1.29, 1.82) is 0 Å². The Bertz CT molecular complexity index is 360. The summed E-state index contributed by atoms with van der Waals surface area (Å²) in [5, 5.41) is 2.69. The number of anilines is 1. The van der Waals surface area contributed by atoms with Crippen LogP contribution in [0.3, 0.4) is 0 Å². The first-order chi connectivity index (χ1) is 7.55. The Kier molecular flexibility index (Phi) is 4.68. The van der Waals surface area contributed by atoms with E-state index < -0.39 is 11.7 Å². The number of alkyl halides is 4. The average molecular weight is 250 g/mol. The van der Waals surface area contributed by atoms with Crippen molar-refractivity contribution in [3.05, 3.63) is 42.0 Å². The molecule has 0 aliphatic rings. The molecule has 0 fully saturated rings. The Labute approximate surface area is 96.9 Å². The van der Waals surface area contributed by atoms with E-state index in [2.05, 4.69) is 5.32 Å². The maximum absolute atomic E-state index is 12.5. The van der Waals surface area contributed by atoms with Crippen molar-refractivity contribution in [2.75, 3.05) is 17.7 Å². The van der Waals surface area contributed by atoms with E-state index in [4.69, 9.17) is 11.6 Å². The van der Waals surface area contributed by atoms with Crippen molar-refractivity contribution in [2.45, 2.75) is 6.18 Å². The van der Waals surface area contributed by atoms with E-state index >= 15 is 0 Å². The molecule has 5 heteroatoms. The zero-order chi connectivity index (χ0) is 12.0. The molecule has 0 saturated carbocycles. The zero-order valence-corrected chi connectivity index (χ0v) is 9.15. The number of halogens is 4. The molecule has 0 spiro atoms. The average Bonchev–Trinajstić information content (AvgIpc) is 2.24. The Morgan fingerprint density at radius 1 is 1.19 bits per heavy atom.